The van der Waals surface area contributed by atoms with Crippen molar-refractivity contribution in [3.63, 3.8) is 0 Å². The zero-order valence-electron chi connectivity index (χ0n) is 24.6. The molecular formula is C28H35Cl6FN2O13. The van der Waals surface area contributed by atoms with E-state index in [2.05, 4.69) is 0 Å². The highest BCUT2D eigenvalue weighted by atomic mass is 35.6. The first-order valence-corrected chi connectivity index (χ1v) is 15.8. The molecule has 284 valence electrons. The van der Waals surface area contributed by atoms with E-state index in [4.69, 9.17) is 93.7 Å². The lowest BCUT2D eigenvalue weighted by Gasteiger charge is -2.35. The van der Waals surface area contributed by atoms with Crippen molar-refractivity contribution < 1.29 is 67.4 Å². The number of ketones is 2. The summed E-state index contributed by atoms with van der Waals surface area (Å²) in [7, 11) is 0. The SMILES string of the molecule is C.C.C[C@@]1(F)[C@H](O)[C@@H](CO)O[C@H]1N1C=CC(=O)CC1=O.C[C@]1(O)C(OC(=O)C(Cl)(Cl)Cl)[C@@H](COC(=O)C(Cl)(Cl)Cl)O[C@H]1N1C=CC(=O)CC1=O. The van der Waals surface area contributed by atoms with E-state index in [1.54, 1.807) is 0 Å². The van der Waals surface area contributed by atoms with Crippen LogP contribution >= 0.6 is 69.6 Å². The molecule has 4 rings (SSSR count). The molecule has 0 aromatic rings. The van der Waals surface area contributed by atoms with Gasteiger partial charge in [0, 0.05) is 12.4 Å². The van der Waals surface area contributed by atoms with E-state index in [-0.39, 0.29) is 27.1 Å². The van der Waals surface area contributed by atoms with Crippen molar-refractivity contribution >= 4 is 105 Å². The van der Waals surface area contributed by atoms with Crippen molar-refractivity contribution in [2.75, 3.05) is 13.2 Å². The monoisotopic (exact) mass is 836 g/mol. The minimum absolute atomic E-state index is 0. The van der Waals surface area contributed by atoms with E-state index in [0.717, 1.165) is 41.3 Å². The molecule has 4 aliphatic rings. The standard InChI is InChI=1S/C15H13Cl6NO8.C11H14FNO5.2CH4/c1-13(27)9(30-12(26)15(19,20)21)7(5-28-11(25)14(16,17)18)29-10(13)22-3-2-6(23)4-8(22)24;1-11(12)9(17)7(5-14)18-10(11)13-3-2-6(15)4-8(13)16;;/h2-3,7,9-10,27H,4-5H2,1H3;2-3,7,9-10,14,17H,4-5H2,1H3;2*1H4/t7-,9?,10-,13+;7-,9-,10-,11-;;/m11../s1. The first-order chi connectivity index (χ1) is 21.9. The van der Waals surface area contributed by atoms with Crippen LogP contribution in [0.15, 0.2) is 24.6 Å². The molecule has 0 aromatic carbocycles. The predicted octanol–water partition coefficient (Wildman–Crippen LogP) is 2.35. The highest BCUT2D eigenvalue weighted by Crippen LogP contribution is 2.40. The number of esters is 2. The molecule has 22 heteroatoms. The smallest absolute Gasteiger partial charge is 0.359 e. The Labute approximate surface area is 316 Å². The maximum atomic E-state index is 14.4. The number of aliphatic hydroxyl groups is 3. The summed E-state index contributed by atoms with van der Waals surface area (Å²) in [4.78, 5) is 71.9. The number of halogens is 7. The van der Waals surface area contributed by atoms with Crippen molar-refractivity contribution in [2.24, 2.45) is 0 Å². The molecule has 8 atom stereocenters. The second-order valence-electron chi connectivity index (χ2n) is 11.0. The summed E-state index contributed by atoms with van der Waals surface area (Å²) in [6.07, 6.45) is -4.73. The second kappa shape index (κ2) is 17.3. The van der Waals surface area contributed by atoms with Crippen LogP contribution in [0.1, 0.15) is 41.5 Å². The molecule has 15 nitrogen and oxygen atoms in total. The third-order valence-electron chi connectivity index (χ3n) is 7.26. The molecule has 2 amide bonds. The van der Waals surface area contributed by atoms with E-state index in [1.165, 1.54) is 6.92 Å². The fourth-order valence-electron chi connectivity index (χ4n) is 4.85. The van der Waals surface area contributed by atoms with E-state index in [0.29, 0.717) is 0 Å². The van der Waals surface area contributed by atoms with Crippen molar-refractivity contribution in [3.8, 4) is 0 Å². The highest BCUT2D eigenvalue weighted by molar-refractivity contribution is 6.76. The van der Waals surface area contributed by atoms with Crippen LogP contribution in [0.5, 0.6) is 0 Å². The average molecular weight is 839 g/mol. The largest absolute Gasteiger partial charge is 0.460 e. The fraction of sp³-hybridized carbons (Fsp3) is 0.643. The molecular weight excluding hydrogens is 804 g/mol. The summed E-state index contributed by atoms with van der Waals surface area (Å²) in [6.45, 7) is 1.04. The molecule has 0 saturated carbocycles. The Hall–Kier alpha value is -1.83. The zero-order chi connectivity index (χ0) is 36.6. The number of alkyl halides is 7. The van der Waals surface area contributed by atoms with Gasteiger partial charge in [-0.1, -0.05) is 84.5 Å². The molecule has 50 heavy (non-hydrogen) atoms. The molecule has 0 bridgehead atoms. The van der Waals surface area contributed by atoms with Crippen LogP contribution < -0.4 is 0 Å². The van der Waals surface area contributed by atoms with Gasteiger partial charge in [0.1, 0.15) is 30.5 Å². The van der Waals surface area contributed by atoms with Gasteiger partial charge in [-0.25, -0.2) is 14.0 Å². The number of carbonyl (C=O) groups is 6. The van der Waals surface area contributed by atoms with Crippen molar-refractivity contribution in [1.82, 2.24) is 9.80 Å². The Morgan fingerprint density at radius 2 is 1.32 bits per heavy atom. The summed E-state index contributed by atoms with van der Waals surface area (Å²) < 4.78 is 30.1. The lowest BCUT2D eigenvalue weighted by Crippen LogP contribution is -2.55. The molecule has 0 aromatic heterocycles. The Kier molecular flexibility index (Phi) is 16.0. The van der Waals surface area contributed by atoms with Gasteiger partial charge in [-0.15, -0.1) is 0 Å². The second-order valence-corrected chi connectivity index (χ2v) is 15.6. The normalized spacial score (nSPS) is 32.6. The lowest BCUT2D eigenvalue weighted by molar-refractivity contribution is -0.167. The van der Waals surface area contributed by atoms with Crippen molar-refractivity contribution in [2.45, 2.75) is 97.3 Å². The Morgan fingerprint density at radius 1 is 0.880 bits per heavy atom. The molecule has 4 aliphatic heterocycles. The Morgan fingerprint density at radius 3 is 1.72 bits per heavy atom. The molecule has 0 spiro atoms. The van der Waals surface area contributed by atoms with Crippen LogP contribution in [-0.4, -0.2) is 129 Å². The summed E-state index contributed by atoms with van der Waals surface area (Å²) >= 11 is 32.8. The number of amides is 2. The van der Waals surface area contributed by atoms with Crippen LogP contribution in [0.2, 0.25) is 0 Å². The number of allylic oxidation sites excluding steroid dienone is 2. The van der Waals surface area contributed by atoms with Crippen molar-refractivity contribution in [1.29, 1.82) is 0 Å². The topological polar surface area (TPSA) is 207 Å². The summed E-state index contributed by atoms with van der Waals surface area (Å²) in [5.41, 5.74) is -4.31. The Balaban J connectivity index is 0.000000536. The number of hydrogen-bond donors (Lipinski definition) is 3. The number of rotatable bonds is 6. The molecule has 1 unspecified atom stereocenters. The lowest BCUT2D eigenvalue weighted by atomic mass is 9.95. The van der Waals surface area contributed by atoms with Gasteiger partial charge < -0.3 is 34.3 Å². The fourth-order valence-corrected chi connectivity index (χ4v) is 5.15. The quantitative estimate of drug-likeness (QED) is 0.200. The maximum absolute atomic E-state index is 14.4. The third-order valence-corrected chi connectivity index (χ3v) is 8.19. The van der Waals surface area contributed by atoms with Crippen LogP contribution in [0.25, 0.3) is 0 Å². The highest BCUT2D eigenvalue weighted by Gasteiger charge is 2.60. The number of nitrogens with zero attached hydrogens (tertiary/aromatic N) is 2. The van der Waals surface area contributed by atoms with E-state index in [1.807, 2.05) is 0 Å². The van der Waals surface area contributed by atoms with Crippen LogP contribution in [0.4, 0.5) is 4.39 Å². The maximum Gasteiger partial charge on any atom is 0.359 e. The number of aliphatic hydroxyl groups excluding tert-OH is 2. The van der Waals surface area contributed by atoms with E-state index >= 15 is 0 Å². The average Bonchev–Trinajstić information content (AvgIpc) is 3.34. The molecule has 2 fully saturated rings. The zero-order valence-corrected chi connectivity index (χ0v) is 29.1. The third kappa shape index (κ3) is 10.4. The number of carbonyl (C=O) groups excluding carboxylic acids is 6. The van der Waals surface area contributed by atoms with Gasteiger partial charge in [-0.2, -0.15) is 0 Å². The van der Waals surface area contributed by atoms with E-state index in [9.17, 15) is 43.4 Å². The first-order valence-electron chi connectivity index (χ1n) is 13.5. The van der Waals surface area contributed by atoms with Gasteiger partial charge in [0.2, 0.25) is 11.8 Å². The van der Waals surface area contributed by atoms with Crippen molar-refractivity contribution in [3.05, 3.63) is 24.6 Å². The van der Waals surface area contributed by atoms with Gasteiger partial charge in [0.25, 0.3) is 7.59 Å². The van der Waals surface area contributed by atoms with Gasteiger partial charge in [0.05, 0.1) is 19.4 Å². The van der Waals surface area contributed by atoms with Gasteiger partial charge in [0.15, 0.2) is 35.8 Å². The molecule has 0 radical (unpaired) electrons. The minimum Gasteiger partial charge on any atom is -0.460 e. The van der Waals surface area contributed by atoms with Gasteiger partial charge >= 0.3 is 11.9 Å². The van der Waals surface area contributed by atoms with Crippen LogP contribution in [-0.2, 0) is 47.7 Å². The van der Waals surface area contributed by atoms with E-state index < -0.39 is 105 Å². The number of ether oxygens (including phenoxy) is 4. The molecule has 3 N–H and O–H groups in total. The first kappa shape index (κ1) is 46.2. The molecule has 0 aliphatic carbocycles. The summed E-state index contributed by atoms with van der Waals surface area (Å²) in [5, 5.41) is 29.6. The summed E-state index contributed by atoms with van der Waals surface area (Å²) in [5.74, 6) is -4.75. The molecule has 4 heterocycles. The minimum atomic E-state index is -2.50. The number of hydrogen-bond acceptors (Lipinski definition) is 13. The van der Waals surface area contributed by atoms with Gasteiger partial charge in [-0.05, 0) is 26.0 Å². The Bertz CT molecular complexity index is 1380. The van der Waals surface area contributed by atoms with Crippen LogP contribution in [0, 0.1) is 0 Å². The summed E-state index contributed by atoms with van der Waals surface area (Å²) in [6, 6.07) is 0. The molecule has 2 saturated heterocycles. The van der Waals surface area contributed by atoms with Crippen LogP contribution in [0.3, 0.4) is 0 Å². The predicted molar refractivity (Wildman–Crippen MR) is 177 cm³/mol. The van der Waals surface area contributed by atoms with Gasteiger partial charge in [-0.3, -0.25) is 29.0 Å².